The number of carbonyl (C=O) groups is 2. The van der Waals surface area contributed by atoms with Gasteiger partial charge in [-0.15, -0.1) is 0 Å². The maximum Gasteiger partial charge on any atom is 0.297 e. The molecule has 6 nitrogen and oxygen atoms in total. The number of rotatable bonds is 6. The number of nitrogens with zero attached hydrogens (tertiary/aromatic N) is 2. The van der Waals surface area contributed by atoms with Gasteiger partial charge >= 0.3 is 0 Å². The van der Waals surface area contributed by atoms with Crippen LogP contribution in [0.3, 0.4) is 0 Å². The predicted octanol–water partition coefficient (Wildman–Crippen LogP) is -0.338. The Morgan fingerprint density at radius 3 is 2.61 bits per heavy atom. The van der Waals surface area contributed by atoms with Gasteiger partial charge in [0, 0.05) is 12.5 Å². The minimum atomic E-state index is -0.0502. The van der Waals surface area contributed by atoms with Crippen molar-refractivity contribution in [2.45, 2.75) is 26.3 Å². The first kappa shape index (κ1) is 17.1. The third-order valence-corrected chi connectivity index (χ3v) is 3.56. The summed E-state index contributed by atoms with van der Waals surface area (Å²) in [5.74, 6) is -0.0917. The van der Waals surface area contributed by atoms with E-state index < -0.39 is 0 Å². The smallest absolute Gasteiger partial charge is 0.297 e. The van der Waals surface area contributed by atoms with E-state index in [0.29, 0.717) is 6.54 Å². The van der Waals surface area contributed by atoms with Crippen LogP contribution in [0.1, 0.15) is 25.8 Å². The molecular weight excluding hydrogens is 292 g/mol. The number of hydrogen-bond acceptors (Lipinski definition) is 3. The first-order valence-electron chi connectivity index (χ1n) is 7.99. The van der Waals surface area contributed by atoms with Crippen molar-refractivity contribution >= 4 is 17.5 Å². The van der Waals surface area contributed by atoms with Crippen LogP contribution >= 0.6 is 0 Å². The Hall–Kier alpha value is -2.21. The first-order valence-corrected chi connectivity index (χ1v) is 7.99. The molecule has 0 spiro atoms. The van der Waals surface area contributed by atoms with Gasteiger partial charge in [-0.3, -0.25) is 9.59 Å². The molecule has 2 N–H and O–H groups in total. The number of hydrazone groups is 1. The fourth-order valence-corrected chi connectivity index (χ4v) is 2.53. The minimum Gasteiger partial charge on any atom is -0.349 e. The van der Waals surface area contributed by atoms with E-state index in [1.807, 2.05) is 51.2 Å². The summed E-state index contributed by atoms with van der Waals surface area (Å²) in [4.78, 5) is 24.9. The Balaban J connectivity index is 1.87. The molecule has 1 aromatic rings. The van der Waals surface area contributed by atoms with Crippen molar-refractivity contribution in [1.29, 1.82) is 0 Å². The summed E-state index contributed by atoms with van der Waals surface area (Å²) in [5.41, 5.74) is 1.99. The van der Waals surface area contributed by atoms with Gasteiger partial charge in [0.05, 0.1) is 19.3 Å². The van der Waals surface area contributed by atoms with Gasteiger partial charge in [-0.25, -0.2) is 5.01 Å². The lowest BCUT2D eigenvalue weighted by molar-refractivity contribution is -0.863. The van der Waals surface area contributed by atoms with Crippen LogP contribution in [0.25, 0.3) is 0 Å². The van der Waals surface area contributed by atoms with Crippen molar-refractivity contribution in [2.24, 2.45) is 5.10 Å². The summed E-state index contributed by atoms with van der Waals surface area (Å²) in [6.07, 6.45) is 0.767. The van der Waals surface area contributed by atoms with Crippen molar-refractivity contribution < 1.29 is 14.5 Å². The average Bonchev–Trinajstić information content (AvgIpc) is 2.96. The second kappa shape index (κ2) is 7.87. The molecule has 0 aliphatic carbocycles. The highest BCUT2D eigenvalue weighted by molar-refractivity contribution is 6.02. The molecule has 6 heteroatoms. The second-order valence-corrected chi connectivity index (χ2v) is 6.21. The molecule has 124 valence electrons. The molecule has 1 aliphatic rings. The Kier molecular flexibility index (Phi) is 5.87. The standard InChI is InChI=1S/C17H24N4O2/c1-13(2)18-16(22)11-20(3)12-17(23)21-10-9-15(19-21)14-7-5-4-6-8-14/h4-8,13H,9-12H2,1-3H3,(H,18,22)/p+1. The molecule has 2 rings (SSSR count). The van der Waals surface area contributed by atoms with E-state index in [0.717, 1.165) is 22.6 Å². The van der Waals surface area contributed by atoms with E-state index >= 15 is 0 Å². The van der Waals surface area contributed by atoms with Crippen molar-refractivity contribution in [3.8, 4) is 0 Å². The van der Waals surface area contributed by atoms with Gasteiger partial charge in [0.15, 0.2) is 13.1 Å². The van der Waals surface area contributed by atoms with Crippen LogP contribution in [-0.4, -0.2) is 55.3 Å². The Labute approximate surface area is 137 Å². The fraction of sp³-hybridized carbons (Fsp3) is 0.471. The molecule has 0 bridgehead atoms. The quantitative estimate of drug-likeness (QED) is 0.754. The Bertz CT molecular complexity index is 584. The third kappa shape index (κ3) is 5.17. The number of likely N-dealkylation sites (N-methyl/N-ethyl adjacent to an activating group) is 1. The van der Waals surface area contributed by atoms with Crippen LogP contribution in [0.2, 0.25) is 0 Å². The largest absolute Gasteiger partial charge is 0.349 e. The lowest BCUT2D eigenvalue weighted by atomic mass is 10.1. The molecule has 23 heavy (non-hydrogen) atoms. The van der Waals surface area contributed by atoms with Crippen molar-refractivity contribution in [2.75, 3.05) is 26.7 Å². The summed E-state index contributed by atoms with van der Waals surface area (Å²) >= 11 is 0. The van der Waals surface area contributed by atoms with E-state index in [4.69, 9.17) is 0 Å². The van der Waals surface area contributed by atoms with Gasteiger partial charge in [-0.05, 0) is 19.4 Å². The molecule has 1 aliphatic heterocycles. The lowest BCUT2D eigenvalue weighted by Gasteiger charge is -2.17. The maximum atomic E-state index is 12.3. The van der Waals surface area contributed by atoms with Gasteiger partial charge < -0.3 is 10.2 Å². The van der Waals surface area contributed by atoms with Gasteiger partial charge in [0.2, 0.25) is 0 Å². The van der Waals surface area contributed by atoms with Crippen molar-refractivity contribution in [1.82, 2.24) is 10.3 Å². The van der Waals surface area contributed by atoms with E-state index in [9.17, 15) is 9.59 Å². The maximum absolute atomic E-state index is 12.3. The Morgan fingerprint density at radius 2 is 1.96 bits per heavy atom. The molecule has 0 aromatic heterocycles. The summed E-state index contributed by atoms with van der Waals surface area (Å²) in [7, 11) is 1.84. The van der Waals surface area contributed by atoms with Crippen LogP contribution in [0.15, 0.2) is 35.4 Å². The SMILES string of the molecule is CC(C)NC(=O)C[NH+](C)CC(=O)N1CCC(c2ccccc2)=N1. The topological polar surface area (TPSA) is 66.2 Å². The van der Waals surface area contributed by atoms with Gasteiger partial charge in [-0.2, -0.15) is 5.10 Å². The number of amides is 2. The average molecular weight is 317 g/mol. The second-order valence-electron chi connectivity index (χ2n) is 6.21. The monoisotopic (exact) mass is 317 g/mol. The zero-order chi connectivity index (χ0) is 16.8. The van der Waals surface area contributed by atoms with E-state index in [1.165, 1.54) is 5.01 Å². The van der Waals surface area contributed by atoms with Crippen LogP contribution in [-0.2, 0) is 9.59 Å². The van der Waals surface area contributed by atoms with Gasteiger partial charge in [0.1, 0.15) is 0 Å². The van der Waals surface area contributed by atoms with Crippen LogP contribution in [0.4, 0.5) is 0 Å². The normalized spacial score (nSPS) is 15.5. The highest BCUT2D eigenvalue weighted by atomic mass is 16.2. The fourth-order valence-electron chi connectivity index (χ4n) is 2.53. The van der Waals surface area contributed by atoms with E-state index in [2.05, 4.69) is 10.4 Å². The highest BCUT2D eigenvalue weighted by Crippen LogP contribution is 2.13. The molecule has 0 radical (unpaired) electrons. The van der Waals surface area contributed by atoms with Gasteiger partial charge in [-0.1, -0.05) is 30.3 Å². The summed E-state index contributed by atoms with van der Waals surface area (Å²) in [6.45, 7) is 4.99. The van der Waals surface area contributed by atoms with Gasteiger partial charge in [0.25, 0.3) is 11.8 Å². The van der Waals surface area contributed by atoms with Crippen molar-refractivity contribution in [3.63, 3.8) is 0 Å². The number of nitrogens with one attached hydrogen (secondary N) is 2. The molecule has 1 heterocycles. The zero-order valence-electron chi connectivity index (χ0n) is 14.0. The number of carbonyl (C=O) groups excluding carboxylic acids is 2. The number of quaternary nitrogens is 1. The lowest BCUT2D eigenvalue weighted by Crippen LogP contribution is -3.11. The third-order valence-electron chi connectivity index (χ3n) is 3.56. The molecule has 0 saturated carbocycles. The number of hydrogen-bond donors (Lipinski definition) is 2. The van der Waals surface area contributed by atoms with Crippen LogP contribution in [0, 0.1) is 0 Å². The predicted molar refractivity (Wildman–Crippen MR) is 89.2 cm³/mol. The molecular formula is C17H25N4O2+. The minimum absolute atomic E-state index is 0.0415. The van der Waals surface area contributed by atoms with Crippen molar-refractivity contribution in [3.05, 3.63) is 35.9 Å². The molecule has 0 saturated heterocycles. The highest BCUT2D eigenvalue weighted by Gasteiger charge is 2.24. The first-order chi connectivity index (χ1) is 11.0. The number of benzene rings is 1. The van der Waals surface area contributed by atoms with Crippen LogP contribution < -0.4 is 10.2 Å². The summed E-state index contributed by atoms with van der Waals surface area (Å²) < 4.78 is 0. The zero-order valence-corrected chi connectivity index (χ0v) is 14.0. The molecule has 1 atom stereocenters. The summed E-state index contributed by atoms with van der Waals surface area (Å²) in [5, 5.41) is 8.78. The van der Waals surface area contributed by atoms with E-state index in [-0.39, 0.29) is 30.9 Å². The molecule has 1 unspecified atom stereocenters. The summed E-state index contributed by atoms with van der Waals surface area (Å²) in [6, 6.07) is 10.0. The van der Waals surface area contributed by atoms with Crippen LogP contribution in [0.5, 0.6) is 0 Å². The Morgan fingerprint density at radius 1 is 1.26 bits per heavy atom. The molecule has 0 fully saturated rings. The van der Waals surface area contributed by atoms with E-state index in [1.54, 1.807) is 0 Å². The molecule has 2 amide bonds. The molecule has 1 aromatic carbocycles.